The van der Waals surface area contributed by atoms with E-state index in [0.717, 1.165) is 22.4 Å². The van der Waals surface area contributed by atoms with Crippen LogP contribution in [-0.4, -0.2) is 56.3 Å². The molecular formula is C26H50ClNO2S. The number of ether oxygens (including phenoxy) is 1. The first-order valence-corrected chi connectivity index (χ1v) is 12.5. The third-order valence-electron chi connectivity index (χ3n) is 5.49. The summed E-state index contributed by atoms with van der Waals surface area (Å²) in [6.45, 7) is 18.7. The Kier molecular flexibility index (Phi) is 20.0. The number of nitrogens with zero attached hydrogens (tertiary/aromatic N) is 1. The quantitative estimate of drug-likeness (QED) is 0.308. The Bertz CT molecular complexity index is 554. The Morgan fingerprint density at radius 3 is 1.77 bits per heavy atom. The van der Waals surface area contributed by atoms with Crippen molar-refractivity contribution >= 4 is 17.7 Å². The molecule has 0 saturated heterocycles. The molecule has 0 aliphatic carbocycles. The number of esters is 1. The third-order valence-corrected chi connectivity index (χ3v) is 6.35. The lowest BCUT2D eigenvalue weighted by Crippen LogP contribution is -3.00. The van der Waals surface area contributed by atoms with Crippen LogP contribution in [-0.2, 0) is 14.9 Å². The summed E-state index contributed by atoms with van der Waals surface area (Å²) in [5, 5.41) is 0. The second kappa shape index (κ2) is 17.8. The van der Waals surface area contributed by atoms with E-state index < -0.39 is 0 Å². The van der Waals surface area contributed by atoms with Crippen LogP contribution in [0.3, 0.4) is 0 Å². The van der Waals surface area contributed by atoms with Gasteiger partial charge in [-0.3, -0.25) is 4.79 Å². The maximum absolute atomic E-state index is 11.4. The number of hydrogen-bond acceptors (Lipinski definition) is 3. The molecule has 0 saturated carbocycles. The zero-order valence-electron chi connectivity index (χ0n) is 22.2. The van der Waals surface area contributed by atoms with Crippen molar-refractivity contribution in [1.29, 1.82) is 0 Å². The molecule has 0 unspecified atom stereocenters. The van der Waals surface area contributed by atoms with Gasteiger partial charge in [0.05, 0.1) is 33.1 Å². The third kappa shape index (κ3) is 18.6. The molecular weight excluding hydrogens is 426 g/mol. The lowest BCUT2D eigenvalue weighted by atomic mass is 9.82. The van der Waals surface area contributed by atoms with Gasteiger partial charge in [-0.05, 0) is 50.3 Å². The molecule has 1 rings (SSSR count). The second-order valence-corrected chi connectivity index (χ2v) is 11.2. The molecule has 184 valence electrons. The van der Waals surface area contributed by atoms with Gasteiger partial charge in [0, 0.05) is 5.75 Å². The minimum atomic E-state index is -0.323. The lowest BCUT2D eigenvalue weighted by molar-refractivity contribution is -0.868. The van der Waals surface area contributed by atoms with E-state index in [1.807, 2.05) is 20.8 Å². The van der Waals surface area contributed by atoms with Crippen LogP contribution in [0.1, 0.15) is 73.8 Å². The molecule has 1 aromatic carbocycles. The van der Waals surface area contributed by atoms with Crippen LogP contribution in [0.25, 0.3) is 0 Å². The fraction of sp³-hybridized carbons (Fsp3) is 0.731. The molecule has 3 nitrogen and oxygen atoms in total. The van der Waals surface area contributed by atoms with E-state index in [1.54, 1.807) is 11.8 Å². The molecule has 0 aliphatic rings. The zero-order chi connectivity index (χ0) is 23.8. The molecule has 31 heavy (non-hydrogen) atoms. The van der Waals surface area contributed by atoms with Crippen molar-refractivity contribution in [3.63, 3.8) is 0 Å². The van der Waals surface area contributed by atoms with E-state index in [2.05, 4.69) is 86.1 Å². The van der Waals surface area contributed by atoms with Crippen molar-refractivity contribution in [3.05, 3.63) is 35.9 Å². The molecule has 0 atom stereocenters. The molecule has 0 spiro atoms. The second-order valence-electron chi connectivity index (χ2n) is 9.78. The summed E-state index contributed by atoms with van der Waals surface area (Å²) in [5.41, 5.74) is 1.44. The van der Waals surface area contributed by atoms with Gasteiger partial charge >= 0.3 is 5.97 Å². The Hall–Kier alpha value is -0.710. The van der Waals surface area contributed by atoms with E-state index in [1.165, 1.54) is 18.5 Å². The molecule has 0 aromatic heterocycles. The summed E-state index contributed by atoms with van der Waals surface area (Å²) in [6, 6.07) is 10.7. The molecule has 1 aromatic rings. The molecule has 0 heterocycles. The molecule has 0 amide bonds. The summed E-state index contributed by atoms with van der Waals surface area (Å²) in [6.07, 6.45) is 2.02. The predicted octanol–water partition coefficient (Wildman–Crippen LogP) is 3.81. The van der Waals surface area contributed by atoms with Crippen molar-refractivity contribution in [3.8, 4) is 0 Å². The van der Waals surface area contributed by atoms with Gasteiger partial charge in [-0.2, -0.15) is 11.8 Å². The van der Waals surface area contributed by atoms with Gasteiger partial charge in [0.15, 0.2) is 0 Å². The Morgan fingerprint density at radius 2 is 1.42 bits per heavy atom. The van der Waals surface area contributed by atoms with E-state index in [0.29, 0.717) is 12.0 Å². The van der Waals surface area contributed by atoms with Crippen LogP contribution < -0.4 is 12.4 Å². The summed E-state index contributed by atoms with van der Waals surface area (Å²) in [5.74, 6) is 1.91. The predicted molar refractivity (Wildman–Crippen MR) is 136 cm³/mol. The van der Waals surface area contributed by atoms with Gasteiger partial charge < -0.3 is 21.6 Å². The van der Waals surface area contributed by atoms with Crippen LogP contribution in [0.15, 0.2) is 30.3 Å². The number of quaternary nitrogens is 1. The monoisotopic (exact) mass is 475 g/mol. The van der Waals surface area contributed by atoms with Crippen molar-refractivity contribution in [1.82, 2.24) is 0 Å². The number of thioether (sulfide) groups is 1. The largest absolute Gasteiger partial charge is 1.00 e. The van der Waals surface area contributed by atoms with Crippen LogP contribution in [0.4, 0.5) is 0 Å². The van der Waals surface area contributed by atoms with Crippen LogP contribution >= 0.6 is 11.8 Å². The maximum atomic E-state index is 11.4. The smallest absolute Gasteiger partial charge is 0.311 e. The van der Waals surface area contributed by atoms with Crippen molar-refractivity contribution in [2.45, 2.75) is 73.6 Å². The molecule has 0 N–H and O–H groups in total. The molecule has 5 heteroatoms. The highest BCUT2D eigenvalue weighted by atomic mass is 35.5. The lowest BCUT2D eigenvalue weighted by Gasteiger charge is -2.22. The van der Waals surface area contributed by atoms with Gasteiger partial charge in [0.1, 0.15) is 6.61 Å². The van der Waals surface area contributed by atoms with E-state index in [9.17, 15) is 4.79 Å². The van der Waals surface area contributed by atoms with E-state index in [4.69, 9.17) is 4.74 Å². The summed E-state index contributed by atoms with van der Waals surface area (Å²) in [7, 11) is 6.54. The van der Waals surface area contributed by atoms with Crippen LogP contribution in [0, 0.1) is 5.41 Å². The Balaban J connectivity index is -0.000000397. The van der Waals surface area contributed by atoms with Gasteiger partial charge in [0.2, 0.25) is 0 Å². The SMILES string of the molecule is CCC(C)(C)c1ccccc1.CCSCCOC(=O)C(C)(C)CC.CC[N+](C)(C)C.[Cl-]. The van der Waals surface area contributed by atoms with Crippen molar-refractivity contribution in [2.24, 2.45) is 5.41 Å². The van der Waals surface area contributed by atoms with Crippen LogP contribution in [0.2, 0.25) is 0 Å². The van der Waals surface area contributed by atoms with E-state index >= 15 is 0 Å². The van der Waals surface area contributed by atoms with Gasteiger partial charge in [-0.25, -0.2) is 0 Å². The Labute approximate surface area is 204 Å². The zero-order valence-corrected chi connectivity index (χ0v) is 23.8. The number of hydrogen-bond donors (Lipinski definition) is 0. The molecule has 0 aliphatic heterocycles. The first-order valence-electron chi connectivity index (χ1n) is 11.4. The van der Waals surface area contributed by atoms with Gasteiger partial charge in [0.25, 0.3) is 0 Å². The normalized spacial score (nSPS) is 11.2. The molecule has 0 fully saturated rings. The number of halogens is 1. The minimum Gasteiger partial charge on any atom is -1.00 e. The van der Waals surface area contributed by atoms with Gasteiger partial charge in [-0.15, -0.1) is 0 Å². The first-order chi connectivity index (χ1) is 13.8. The van der Waals surface area contributed by atoms with Crippen molar-refractivity contribution < 1.29 is 26.4 Å². The number of rotatable bonds is 9. The molecule has 0 radical (unpaired) electrons. The fourth-order valence-electron chi connectivity index (χ4n) is 1.77. The highest BCUT2D eigenvalue weighted by Crippen LogP contribution is 2.25. The van der Waals surface area contributed by atoms with Crippen LogP contribution in [0.5, 0.6) is 0 Å². The maximum Gasteiger partial charge on any atom is 0.311 e. The Morgan fingerprint density at radius 1 is 0.935 bits per heavy atom. The average molecular weight is 476 g/mol. The topological polar surface area (TPSA) is 26.3 Å². The van der Waals surface area contributed by atoms with E-state index in [-0.39, 0.29) is 23.8 Å². The minimum absolute atomic E-state index is 0. The highest BCUT2D eigenvalue weighted by Gasteiger charge is 2.26. The highest BCUT2D eigenvalue weighted by molar-refractivity contribution is 7.99. The number of carbonyl (C=O) groups excluding carboxylic acids is 1. The average Bonchev–Trinajstić information content (AvgIpc) is 2.72. The molecule has 0 bridgehead atoms. The van der Waals surface area contributed by atoms with Crippen molar-refractivity contribution in [2.75, 3.05) is 45.8 Å². The standard InChI is InChI=1S/C11H16.C10H20O2S.C5H14N.ClH/c1-4-11(2,3)10-8-6-5-7-9-10;1-5-10(3,4)9(11)12-7-8-13-6-2;1-5-6(2,3)4;/h5-9H,4H2,1-3H3;5-8H2,1-4H3;5H2,1-4H3;1H/q;;+1;/p-1. The number of benzene rings is 1. The summed E-state index contributed by atoms with van der Waals surface area (Å²) in [4.78, 5) is 11.4. The van der Waals surface area contributed by atoms with Gasteiger partial charge in [-0.1, -0.05) is 65.0 Å². The number of carbonyl (C=O) groups is 1. The first kappa shape index (κ1) is 34.9. The summed E-state index contributed by atoms with van der Waals surface area (Å²) >= 11 is 1.79. The summed E-state index contributed by atoms with van der Waals surface area (Å²) < 4.78 is 6.21. The fourth-order valence-corrected chi connectivity index (χ4v) is 2.26.